The Morgan fingerprint density at radius 2 is 1.93 bits per heavy atom. The number of anilines is 1. The number of imidazole rings is 1. The van der Waals surface area contributed by atoms with Gasteiger partial charge in [-0.15, -0.1) is 0 Å². The fourth-order valence-electron chi connectivity index (χ4n) is 3.30. The minimum absolute atomic E-state index is 0.393. The second-order valence-electron chi connectivity index (χ2n) is 6.95. The number of hydrogen-bond donors (Lipinski definition) is 4. The molecule has 3 aromatic rings. The van der Waals surface area contributed by atoms with Gasteiger partial charge in [0.15, 0.2) is 28.4 Å². The summed E-state index contributed by atoms with van der Waals surface area (Å²) >= 11 is 1.39. The van der Waals surface area contributed by atoms with E-state index < -0.39 is 31.1 Å². The summed E-state index contributed by atoms with van der Waals surface area (Å²) in [6.07, 6.45) is -0.793. The molecule has 1 aliphatic rings. The summed E-state index contributed by atoms with van der Waals surface area (Å²) < 4.78 is 7.19. The Kier molecular flexibility index (Phi) is 5.70. The number of aliphatic hydroxyl groups is 3. The molecule has 154 valence electrons. The van der Waals surface area contributed by atoms with Crippen LogP contribution in [0.1, 0.15) is 17.4 Å². The van der Waals surface area contributed by atoms with E-state index in [0.717, 1.165) is 5.56 Å². The molecule has 2 aromatic heterocycles. The second-order valence-corrected chi connectivity index (χ2v) is 7.72. The Morgan fingerprint density at radius 3 is 2.59 bits per heavy atom. The molecule has 0 aliphatic carbocycles. The standard InChI is InChI=1S/C19H23N5O4S/c1-10-3-5-11(6-4-10)7-20-16-13-17(23-19(22-16)29-2)24(9-21-13)18-15(27)14(26)12(8-25)28-18/h3-6,9,12,14-15,18,25-27H,7-8H2,1-2H3,(H,20,22,23)/t12-,14-,15-,18-/m1/s1. The summed E-state index contributed by atoms with van der Waals surface area (Å²) in [5.74, 6) is 0.574. The maximum atomic E-state index is 10.4. The van der Waals surface area contributed by atoms with Gasteiger partial charge in [-0.25, -0.2) is 15.0 Å². The summed E-state index contributed by atoms with van der Waals surface area (Å²) in [7, 11) is 0. The highest BCUT2D eigenvalue weighted by atomic mass is 32.2. The van der Waals surface area contributed by atoms with Gasteiger partial charge in [-0.3, -0.25) is 4.57 Å². The summed E-state index contributed by atoms with van der Waals surface area (Å²) in [5.41, 5.74) is 3.31. The molecule has 3 heterocycles. The topological polar surface area (TPSA) is 126 Å². The molecule has 0 amide bonds. The van der Waals surface area contributed by atoms with Crippen molar-refractivity contribution in [3.63, 3.8) is 0 Å². The van der Waals surface area contributed by atoms with Gasteiger partial charge in [-0.1, -0.05) is 41.6 Å². The third-order valence-electron chi connectivity index (χ3n) is 4.96. The first kappa shape index (κ1) is 20.0. The monoisotopic (exact) mass is 417 g/mol. The van der Waals surface area contributed by atoms with E-state index in [-0.39, 0.29) is 0 Å². The Bertz CT molecular complexity index is 996. The molecule has 0 radical (unpaired) electrons. The summed E-state index contributed by atoms with van der Waals surface area (Å²) in [6.45, 7) is 2.22. The highest BCUT2D eigenvalue weighted by molar-refractivity contribution is 7.98. The first-order chi connectivity index (χ1) is 14.0. The molecule has 4 N–H and O–H groups in total. The molecule has 1 aliphatic heterocycles. The van der Waals surface area contributed by atoms with Crippen LogP contribution in [0, 0.1) is 6.92 Å². The van der Waals surface area contributed by atoms with E-state index in [1.807, 2.05) is 25.3 Å². The molecule has 4 rings (SSSR count). The van der Waals surface area contributed by atoms with Gasteiger partial charge in [0, 0.05) is 6.54 Å². The van der Waals surface area contributed by atoms with Crippen LogP contribution >= 0.6 is 11.8 Å². The number of rotatable bonds is 6. The van der Waals surface area contributed by atoms with Crippen LogP contribution in [-0.2, 0) is 11.3 Å². The van der Waals surface area contributed by atoms with Gasteiger partial charge >= 0.3 is 0 Å². The number of nitrogens with zero attached hydrogens (tertiary/aromatic N) is 4. The summed E-state index contributed by atoms with van der Waals surface area (Å²) in [6, 6.07) is 8.20. The van der Waals surface area contributed by atoms with E-state index >= 15 is 0 Å². The number of aryl methyl sites for hydroxylation is 1. The van der Waals surface area contributed by atoms with Gasteiger partial charge < -0.3 is 25.4 Å². The molecule has 9 nitrogen and oxygen atoms in total. The zero-order chi connectivity index (χ0) is 20.5. The third kappa shape index (κ3) is 3.81. The van der Waals surface area contributed by atoms with Gasteiger partial charge in [0.1, 0.15) is 18.3 Å². The molecule has 29 heavy (non-hydrogen) atoms. The molecule has 0 unspecified atom stereocenters. The van der Waals surface area contributed by atoms with Crippen LogP contribution in [0.3, 0.4) is 0 Å². The molecule has 0 bridgehead atoms. The van der Waals surface area contributed by atoms with E-state index in [1.165, 1.54) is 23.7 Å². The van der Waals surface area contributed by atoms with Crippen LogP contribution in [0.15, 0.2) is 35.7 Å². The number of aromatic nitrogens is 4. The van der Waals surface area contributed by atoms with Crippen molar-refractivity contribution in [2.24, 2.45) is 0 Å². The lowest BCUT2D eigenvalue weighted by atomic mass is 10.1. The maximum absolute atomic E-state index is 10.4. The lowest BCUT2D eigenvalue weighted by Crippen LogP contribution is -2.33. The van der Waals surface area contributed by atoms with Crippen LogP contribution in [0.4, 0.5) is 5.82 Å². The van der Waals surface area contributed by atoms with Gasteiger partial charge in [0.05, 0.1) is 12.9 Å². The minimum Gasteiger partial charge on any atom is -0.394 e. The molecular weight excluding hydrogens is 394 g/mol. The van der Waals surface area contributed by atoms with Crippen molar-refractivity contribution in [3.05, 3.63) is 41.7 Å². The van der Waals surface area contributed by atoms with E-state index in [0.29, 0.717) is 28.7 Å². The fourth-order valence-corrected chi connectivity index (χ4v) is 3.66. The van der Waals surface area contributed by atoms with Crippen LogP contribution in [0.25, 0.3) is 11.2 Å². The van der Waals surface area contributed by atoms with Gasteiger partial charge in [-0.05, 0) is 18.7 Å². The van der Waals surface area contributed by atoms with Crippen molar-refractivity contribution >= 4 is 28.7 Å². The molecule has 1 saturated heterocycles. The normalized spacial score (nSPS) is 24.3. The number of nitrogens with one attached hydrogen (secondary N) is 1. The molecule has 10 heteroatoms. The maximum Gasteiger partial charge on any atom is 0.191 e. The zero-order valence-corrected chi connectivity index (χ0v) is 16.9. The molecule has 4 atom stereocenters. The summed E-state index contributed by atoms with van der Waals surface area (Å²) in [4.78, 5) is 13.4. The highest BCUT2D eigenvalue weighted by Gasteiger charge is 2.44. The molecular formula is C19H23N5O4S. The predicted octanol–water partition coefficient (Wildman–Crippen LogP) is 1.08. The first-order valence-corrected chi connectivity index (χ1v) is 10.4. The van der Waals surface area contributed by atoms with E-state index in [1.54, 1.807) is 4.57 Å². The van der Waals surface area contributed by atoms with Crippen molar-refractivity contribution in [3.8, 4) is 0 Å². The second kappa shape index (κ2) is 8.25. The lowest BCUT2D eigenvalue weighted by molar-refractivity contribution is -0.0511. The van der Waals surface area contributed by atoms with Crippen molar-refractivity contribution in [2.75, 3.05) is 18.2 Å². The number of hydrogen-bond acceptors (Lipinski definition) is 9. The lowest BCUT2D eigenvalue weighted by Gasteiger charge is -2.17. The van der Waals surface area contributed by atoms with Crippen LogP contribution in [0.2, 0.25) is 0 Å². The number of aliphatic hydroxyl groups excluding tert-OH is 3. The summed E-state index contributed by atoms with van der Waals surface area (Å²) in [5, 5.41) is 33.6. The Balaban J connectivity index is 1.67. The minimum atomic E-state index is -1.21. The van der Waals surface area contributed by atoms with E-state index in [4.69, 9.17) is 4.74 Å². The predicted molar refractivity (Wildman–Crippen MR) is 109 cm³/mol. The first-order valence-electron chi connectivity index (χ1n) is 9.22. The third-order valence-corrected chi connectivity index (χ3v) is 5.50. The van der Waals surface area contributed by atoms with Gasteiger partial charge in [0.25, 0.3) is 0 Å². The average Bonchev–Trinajstić information content (AvgIpc) is 3.28. The zero-order valence-electron chi connectivity index (χ0n) is 16.1. The van der Waals surface area contributed by atoms with Crippen molar-refractivity contribution in [2.45, 2.75) is 43.2 Å². The highest BCUT2D eigenvalue weighted by Crippen LogP contribution is 2.33. The van der Waals surface area contributed by atoms with E-state index in [2.05, 4.69) is 32.4 Å². The van der Waals surface area contributed by atoms with Crippen molar-refractivity contribution in [1.82, 2.24) is 19.5 Å². The smallest absolute Gasteiger partial charge is 0.191 e. The van der Waals surface area contributed by atoms with Crippen molar-refractivity contribution < 1.29 is 20.1 Å². The average molecular weight is 417 g/mol. The molecule has 0 saturated carbocycles. The Labute approximate surface area is 171 Å². The largest absolute Gasteiger partial charge is 0.394 e. The Morgan fingerprint density at radius 1 is 1.17 bits per heavy atom. The molecule has 0 spiro atoms. The SMILES string of the molecule is CSc1nc(NCc2ccc(C)cc2)c2ncn([C@@H]3O[C@H](CO)[C@@H](O)[C@H]3O)c2n1. The van der Waals surface area contributed by atoms with Gasteiger partial charge in [0.2, 0.25) is 0 Å². The van der Waals surface area contributed by atoms with Crippen LogP contribution in [-0.4, -0.2) is 66.0 Å². The number of thioether (sulfide) groups is 1. The van der Waals surface area contributed by atoms with Gasteiger partial charge in [-0.2, -0.15) is 0 Å². The Hall–Kier alpha value is -2.24. The van der Waals surface area contributed by atoms with E-state index in [9.17, 15) is 15.3 Å². The quantitative estimate of drug-likeness (QED) is 0.344. The number of fused-ring (bicyclic) bond motifs is 1. The van der Waals surface area contributed by atoms with Crippen LogP contribution < -0.4 is 5.32 Å². The van der Waals surface area contributed by atoms with Crippen LogP contribution in [0.5, 0.6) is 0 Å². The molecule has 1 fully saturated rings. The number of benzene rings is 1. The molecule has 1 aromatic carbocycles. The van der Waals surface area contributed by atoms with Crippen molar-refractivity contribution in [1.29, 1.82) is 0 Å². The fraction of sp³-hybridized carbons (Fsp3) is 0.421. The number of ether oxygens (including phenoxy) is 1.